The predicted molar refractivity (Wildman–Crippen MR) is 89.0 cm³/mol. The Morgan fingerprint density at radius 2 is 1.48 bits per heavy atom. The molecule has 2 aromatic carbocycles. The third-order valence-electron chi connectivity index (χ3n) is 3.53. The van der Waals surface area contributed by atoms with Gasteiger partial charge in [-0.05, 0) is 18.1 Å². The number of amides is 1. The molecule has 1 amide bonds. The zero-order valence-electron chi connectivity index (χ0n) is 12.8. The number of carbonyl (C=O) groups is 1. The van der Waals surface area contributed by atoms with E-state index in [0.717, 1.165) is 11.1 Å². The van der Waals surface area contributed by atoms with E-state index in [1.807, 2.05) is 67.6 Å². The molecule has 23 heavy (non-hydrogen) atoms. The Hall–Kier alpha value is -3.01. The molecule has 4 heteroatoms. The number of rotatable bonds is 4. The number of benzene rings is 2. The van der Waals surface area contributed by atoms with Crippen LogP contribution in [0, 0.1) is 6.92 Å². The van der Waals surface area contributed by atoms with Gasteiger partial charge in [-0.2, -0.15) is 0 Å². The van der Waals surface area contributed by atoms with Gasteiger partial charge in [-0.3, -0.25) is 9.78 Å². The van der Waals surface area contributed by atoms with Gasteiger partial charge in [0, 0.05) is 6.20 Å². The normalized spacial score (nSPS) is 10.5. The molecule has 0 aliphatic heterocycles. The number of hydrogen-bond acceptors (Lipinski definition) is 3. The van der Waals surface area contributed by atoms with Crippen molar-refractivity contribution in [2.45, 2.75) is 13.0 Å². The monoisotopic (exact) mass is 303 g/mol. The fourth-order valence-electron chi connectivity index (χ4n) is 2.43. The molecule has 0 atom stereocenters. The Morgan fingerprint density at radius 3 is 2.00 bits per heavy atom. The van der Waals surface area contributed by atoms with Crippen molar-refractivity contribution in [2.24, 2.45) is 0 Å². The summed E-state index contributed by atoms with van der Waals surface area (Å²) in [5.41, 5.74) is 3.08. The van der Waals surface area contributed by atoms with Gasteiger partial charge in [-0.1, -0.05) is 60.7 Å². The van der Waals surface area contributed by atoms with Crippen LogP contribution in [0.4, 0.5) is 0 Å². The summed E-state index contributed by atoms with van der Waals surface area (Å²) in [6.45, 7) is 1.82. The maximum atomic E-state index is 12.5. The van der Waals surface area contributed by atoms with Crippen LogP contribution >= 0.6 is 0 Å². The van der Waals surface area contributed by atoms with Crippen LogP contribution in [0.1, 0.15) is 33.4 Å². The van der Waals surface area contributed by atoms with E-state index < -0.39 is 0 Å². The second-order valence-corrected chi connectivity index (χ2v) is 5.27. The largest absolute Gasteiger partial charge is 0.340 e. The number of aryl methyl sites for hydroxylation is 1. The van der Waals surface area contributed by atoms with E-state index in [2.05, 4.69) is 15.3 Å². The van der Waals surface area contributed by atoms with Crippen molar-refractivity contribution >= 4 is 5.91 Å². The van der Waals surface area contributed by atoms with Crippen molar-refractivity contribution < 1.29 is 4.79 Å². The van der Waals surface area contributed by atoms with Crippen LogP contribution in [0.5, 0.6) is 0 Å². The minimum atomic E-state index is -0.237. The Labute approximate surface area is 135 Å². The molecule has 0 saturated carbocycles. The first-order chi connectivity index (χ1) is 11.2. The van der Waals surface area contributed by atoms with Crippen LogP contribution in [0.15, 0.2) is 73.1 Å². The smallest absolute Gasteiger partial charge is 0.272 e. The van der Waals surface area contributed by atoms with Gasteiger partial charge in [0.2, 0.25) is 0 Å². The molecule has 0 bridgehead atoms. The molecule has 0 spiro atoms. The quantitative estimate of drug-likeness (QED) is 0.804. The Balaban J connectivity index is 1.92. The molecular weight excluding hydrogens is 286 g/mol. The van der Waals surface area contributed by atoms with Crippen molar-refractivity contribution in [3.8, 4) is 0 Å². The lowest BCUT2D eigenvalue weighted by molar-refractivity contribution is 0.0937. The topological polar surface area (TPSA) is 54.9 Å². The lowest BCUT2D eigenvalue weighted by Gasteiger charge is -2.19. The third-order valence-corrected chi connectivity index (χ3v) is 3.53. The average molecular weight is 303 g/mol. The Morgan fingerprint density at radius 1 is 0.913 bits per heavy atom. The lowest BCUT2D eigenvalue weighted by Crippen LogP contribution is -2.30. The highest BCUT2D eigenvalue weighted by atomic mass is 16.1. The highest BCUT2D eigenvalue weighted by molar-refractivity contribution is 5.92. The van der Waals surface area contributed by atoms with E-state index in [1.54, 1.807) is 6.20 Å². The van der Waals surface area contributed by atoms with Gasteiger partial charge in [0.05, 0.1) is 17.9 Å². The molecule has 1 heterocycles. The first kappa shape index (κ1) is 14.9. The average Bonchev–Trinajstić information content (AvgIpc) is 2.61. The molecule has 0 saturated heterocycles. The van der Waals surface area contributed by atoms with Crippen molar-refractivity contribution in [1.82, 2.24) is 15.3 Å². The second kappa shape index (κ2) is 6.83. The van der Waals surface area contributed by atoms with E-state index in [-0.39, 0.29) is 11.9 Å². The summed E-state index contributed by atoms with van der Waals surface area (Å²) < 4.78 is 0. The number of nitrogens with zero attached hydrogens (tertiary/aromatic N) is 2. The van der Waals surface area contributed by atoms with E-state index in [1.165, 1.54) is 6.20 Å². The molecular formula is C19H17N3O. The Bertz CT molecular complexity index is 748. The molecule has 3 aromatic rings. The maximum Gasteiger partial charge on any atom is 0.272 e. The van der Waals surface area contributed by atoms with Gasteiger partial charge in [0.15, 0.2) is 0 Å². The Kier molecular flexibility index (Phi) is 4.43. The van der Waals surface area contributed by atoms with Crippen molar-refractivity contribution in [3.63, 3.8) is 0 Å². The van der Waals surface area contributed by atoms with Crippen LogP contribution < -0.4 is 5.32 Å². The van der Waals surface area contributed by atoms with Gasteiger partial charge < -0.3 is 5.32 Å². The number of nitrogens with one attached hydrogen (secondary N) is 1. The first-order valence-corrected chi connectivity index (χ1v) is 7.43. The van der Waals surface area contributed by atoms with Crippen LogP contribution in [0.2, 0.25) is 0 Å². The third kappa shape index (κ3) is 3.61. The molecule has 0 aliphatic carbocycles. The van der Waals surface area contributed by atoms with Gasteiger partial charge >= 0.3 is 0 Å². The van der Waals surface area contributed by atoms with E-state index in [0.29, 0.717) is 11.4 Å². The molecule has 0 radical (unpaired) electrons. The van der Waals surface area contributed by atoms with Crippen molar-refractivity contribution in [1.29, 1.82) is 0 Å². The van der Waals surface area contributed by atoms with Crippen molar-refractivity contribution in [3.05, 3.63) is 95.6 Å². The summed E-state index contributed by atoms with van der Waals surface area (Å²) in [5, 5.41) is 3.05. The van der Waals surface area contributed by atoms with Crippen LogP contribution in [0.25, 0.3) is 0 Å². The molecule has 1 N–H and O–H groups in total. The summed E-state index contributed by atoms with van der Waals surface area (Å²) in [4.78, 5) is 20.8. The number of carbonyl (C=O) groups excluding carboxylic acids is 1. The zero-order chi connectivity index (χ0) is 16.1. The van der Waals surface area contributed by atoms with Crippen LogP contribution in [-0.2, 0) is 0 Å². The molecule has 0 fully saturated rings. The molecule has 0 unspecified atom stereocenters. The number of hydrogen-bond donors (Lipinski definition) is 1. The van der Waals surface area contributed by atoms with E-state index >= 15 is 0 Å². The van der Waals surface area contributed by atoms with Gasteiger partial charge in [0.25, 0.3) is 5.91 Å². The lowest BCUT2D eigenvalue weighted by atomic mass is 9.98. The van der Waals surface area contributed by atoms with Crippen LogP contribution in [-0.4, -0.2) is 15.9 Å². The van der Waals surface area contributed by atoms with E-state index in [4.69, 9.17) is 0 Å². The second-order valence-electron chi connectivity index (χ2n) is 5.27. The van der Waals surface area contributed by atoms with Gasteiger partial charge in [-0.15, -0.1) is 0 Å². The fourth-order valence-corrected chi connectivity index (χ4v) is 2.43. The molecule has 1 aromatic heterocycles. The first-order valence-electron chi connectivity index (χ1n) is 7.43. The standard InChI is InChI=1S/C19H17N3O/c1-14-12-20-13-17(21-14)19(23)22-18(15-8-4-2-5-9-15)16-10-6-3-7-11-16/h2-13,18H,1H3,(H,22,23). The molecule has 0 aliphatic rings. The molecule has 4 nitrogen and oxygen atoms in total. The summed E-state index contributed by atoms with van der Waals surface area (Å²) in [6, 6.07) is 19.5. The number of aromatic nitrogens is 2. The van der Waals surface area contributed by atoms with Crippen LogP contribution in [0.3, 0.4) is 0 Å². The minimum absolute atomic E-state index is 0.229. The summed E-state index contributed by atoms with van der Waals surface area (Å²) in [5.74, 6) is -0.237. The SMILES string of the molecule is Cc1cncc(C(=O)NC(c2ccccc2)c2ccccc2)n1. The van der Waals surface area contributed by atoms with Crippen molar-refractivity contribution in [2.75, 3.05) is 0 Å². The summed E-state index contributed by atoms with van der Waals surface area (Å²) in [7, 11) is 0. The molecule has 114 valence electrons. The highest BCUT2D eigenvalue weighted by Crippen LogP contribution is 2.22. The van der Waals surface area contributed by atoms with Gasteiger partial charge in [0.1, 0.15) is 5.69 Å². The van der Waals surface area contributed by atoms with Gasteiger partial charge in [-0.25, -0.2) is 4.98 Å². The van der Waals surface area contributed by atoms with E-state index in [9.17, 15) is 4.79 Å². The highest BCUT2D eigenvalue weighted by Gasteiger charge is 2.18. The molecule has 3 rings (SSSR count). The maximum absolute atomic E-state index is 12.5. The fraction of sp³-hybridized carbons (Fsp3) is 0.105. The predicted octanol–water partition coefficient (Wildman–Crippen LogP) is 3.30. The minimum Gasteiger partial charge on any atom is -0.340 e. The summed E-state index contributed by atoms with van der Waals surface area (Å²) >= 11 is 0. The zero-order valence-corrected chi connectivity index (χ0v) is 12.8. The summed E-state index contributed by atoms with van der Waals surface area (Å²) in [6.07, 6.45) is 3.11.